The van der Waals surface area contributed by atoms with E-state index in [1.54, 1.807) is 0 Å². The van der Waals surface area contributed by atoms with E-state index in [-0.39, 0.29) is 0 Å². The Kier molecular flexibility index (Phi) is 6.97. The van der Waals surface area contributed by atoms with Gasteiger partial charge in [0.25, 0.3) is 0 Å². The fourth-order valence-corrected chi connectivity index (χ4v) is 1.49. The number of halogens is 16. The van der Waals surface area contributed by atoms with Gasteiger partial charge in [-0.15, -0.1) is 0 Å². The Morgan fingerprint density at radius 3 is 1.21 bits per heavy atom. The highest BCUT2D eigenvalue weighted by Gasteiger charge is 2.93. The van der Waals surface area contributed by atoms with E-state index in [9.17, 15) is 70.2 Å². The maximum atomic E-state index is 13.2. The summed E-state index contributed by atoms with van der Waals surface area (Å²) in [5.74, 6) is -54.3. The summed E-state index contributed by atoms with van der Waals surface area (Å²) in [6, 6.07) is 0. The lowest BCUT2D eigenvalue weighted by molar-refractivity contribution is -0.448. The van der Waals surface area contributed by atoms with E-state index in [0.717, 1.165) is 6.92 Å². The lowest BCUT2D eigenvalue weighted by Gasteiger charge is -2.42. The van der Waals surface area contributed by atoms with Gasteiger partial charge >= 0.3 is 47.9 Å². The van der Waals surface area contributed by atoms with Crippen LogP contribution in [0.5, 0.6) is 0 Å². The first-order valence-corrected chi connectivity index (χ1v) is 6.51. The third kappa shape index (κ3) is 3.46. The molecule has 0 unspecified atom stereocenters. The van der Waals surface area contributed by atoms with Crippen LogP contribution in [0.15, 0.2) is 0 Å². The molecule has 0 aromatic rings. The van der Waals surface area contributed by atoms with Crippen molar-refractivity contribution in [3.05, 3.63) is 0 Å². The van der Waals surface area contributed by atoms with Gasteiger partial charge in [-0.3, -0.25) is 0 Å². The summed E-state index contributed by atoms with van der Waals surface area (Å²) in [4.78, 5) is 0. The van der Waals surface area contributed by atoms with Crippen molar-refractivity contribution in [2.75, 3.05) is 13.2 Å². The van der Waals surface area contributed by atoms with Crippen LogP contribution >= 0.6 is 0 Å². The van der Waals surface area contributed by atoms with Gasteiger partial charge in [-0.2, -0.15) is 61.5 Å². The topological polar surface area (TPSA) is 9.23 Å². The molecule has 0 rings (SSSR count). The second kappa shape index (κ2) is 7.27. The first-order valence-electron chi connectivity index (χ1n) is 6.51. The summed E-state index contributed by atoms with van der Waals surface area (Å²) in [7, 11) is 0. The Labute approximate surface area is 144 Å². The summed E-state index contributed by atoms with van der Waals surface area (Å²) in [6.07, 6.45) is -5.85. The monoisotopic (exact) mass is 460 g/mol. The predicted molar refractivity (Wildman–Crippen MR) is 57.1 cm³/mol. The number of alkyl halides is 16. The third-order valence-electron chi connectivity index (χ3n) is 3.22. The smallest absolute Gasteiger partial charge is 0.375 e. The van der Waals surface area contributed by atoms with Gasteiger partial charge in [0.1, 0.15) is 6.61 Å². The highest BCUT2D eigenvalue weighted by atomic mass is 19.4. The molecule has 0 saturated heterocycles. The largest absolute Gasteiger partial charge is 0.384 e. The molecule has 0 spiro atoms. The zero-order valence-corrected chi connectivity index (χ0v) is 12.9. The molecule has 0 bridgehead atoms. The van der Waals surface area contributed by atoms with Gasteiger partial charge in [0.2, 0.25) is 0 Å². The Bertz CT molecular complexity index is 539. The Hall–Kier alpha value is -1.16. The van der Waals surface area contributed by atoms with Gasteiger partial charge in [0.15, 0.2) is 0 Å². The van der Waals surface area contributed by atoms with Crippen LogP contribution in [-0.2, 0) is 4.74 Å². The minimum Gasteiger partial charge on any atom is -0.375 e. The van der Waals surface area contributed by atoms with E-state index < -0.39 is 61.1 Å². The van der Waals surface area contributed by atoms with Crippen molar-refractivity contribution in [3.8, 4) is 0 Å². The van der Waals surface area contributed by atoms with Crippen molar-refractivity contribution in [1.29, 1.82) is 0 Å². The molecule has 17 heteroatoms. The van der Waals surface area contributed by atoms with Crippen molar-refractivity contribution < 1.29 is 75.0 Å². The minimum atomic E-state index is -8.36. The molecule has 170 valence electrons. The van der Waals surface area contributed by atoms with Gasteiger partial charge in [0.05, 0.1) is 0 Å². The summed E-state index contributed by atoms with van der Waals surface area (Å²) < 4.78 is 210. The quantitative estimate of drug-likeness (QED) is 0.379. The number of hydrogen-bond donors (Lipinski definition) is 0. The van der Waals surface area contributed by atoms with Gasteiger partial charge in [0, 0.05) is 6.61 Å². The van der Waals surface area contributed by atoms with Crippen molar-refractivity contribution in [2.24, 2.45) is 0 Å². The predicted octanol–water partition coefficient (Wildman–Crippen LogP) is 5.74. The minimum absolute atomic E-state index is 0.808. The molecule has 0 amide bonds. The standard InChI is InChI=1S/C11H8F16O/c1-2-28-3-5(14,15)7(18,19)9(22,23)11(26,27)10(24,25)8(20,21)6(16,17)4(12)13/h4H,2-3H2,1H3. The molecule has 0 fully saturated rings. The summed E-state index contributed by atoms with van der Waals surface area (Å²) in [5, 5.41) is 0. The van der Waals surface area contributed by atoms with Crippen LogP contribution in [0.25, 0.3) is 0 Å². The van der Waals surface area contributed by atoms with Gasteiger partial charge < -0.3 is 4.74 Å². The van der Waals surface area contributed by atoms with Crippen LogP contribution in [0.2, 0.25) is 0 Å². The summed E-state index contributed by atoms with van der Waals surface area (Å²) >= 11 is 0. The van der Waals surface area contributed by atoms with E-state index in [1.165, 1.54) is 0 Å². The third-order valence-corrected chi connectivity index (χ3v) is 3.22. The van der Waals surface area contributed by atoms with E-state index >= 15 is 0 Å². The molecular weight excluding hydrogens is 452 g/mol. The van der Waals surface area contributed by atoms with Gasteiger partial charge in [-0.05, 0) is 6.92 Å². The molecular formula is C11H8F16O. The Balaban J connectivity index is 6.47. The van der Waals surface area contributed by atoms with Crippen molar-refractivity contribution in [1.82, 2.24) is 0 Å². The Morgan fingerprint density at radius 1 is 0.571 bits per heavy atom. The highest BCUT2D eigenvalue weighted by molar-refractivity contribution is 5.14. The second-order valence-electron chi connectivity index (χ2n) is 5.14. The van der Waals surface area contributed by atoms with Crippen LogP contribution in [0.4, 0.5) is 70.2 Å². The molecule has 1 nitrogen and oxygen atoms in total. The molecule has 0 N–H and O–H groups in total. The SMILES string of the molecule is CCOCC(F)(F)C(F)(F)C(F)(F)C(F)(F)C(F)(F)C(F)(F)C(F)(F)C(F)F. The van der Waals surface area contributed by atoms with E-state index in [0.29, 0.717) is 0 Å². The Morgan fingerprint density at radius 2 is 0.893 bits per heavy atom. The zero-order valence-electron chi connectivity index (χ0n) is 12.9. The fourth-order valence-electron chi connectivity index (χ4n) is 1.49. The zero-order chi connectivity index (χ0) is 23.2. The van der Waals surface area contributed by atoms with Crippen LogP contribution in [-0.4, -0.2) is 61.1 Å². The average Bonchev–Trinajstić information content (AvgIpc) is 2.51. The van der Waals surface area contributed by atoms with Crippen molar-refractivity contribution in [3.63, 3.8) is 0 Å². The summed E-state index contributed by atoms with van der Waals surface area (Å²) in [6.45, 7) is -2.90. The normalized spacial score (nSPS) is 16.1. The molecule has 0 aromatic heterocycles. The van der Waals surface area contributed by atoms with Crippen LogP contribution in [0.3, 0.4) is 0 Å². The first kappa shape index (κ1) is 26.8. The van der Waals surface area contributed by atoms with Crippen LogP contribution in [0.1, 0.15) is 6.92 Å². The maximum Gasteiger partial charge on any atom is 0.384 e. The van der Waals surface area contributed by atoms with E-state index in [4.69, 9.17) is 0 Å². The molecule has 0 aliphatic carbocycles. The second-order valence-corrected chi connectivity index (χ2v) is 5.14. The highest BCUT2D eigenvalue weighted by Crippen LogP contribution is 2.62. The summed E-state index contributed by atoms with van der Waals surface area (Å²) in [5.41, 5.74) is 0. The van der Waals surface area contributed by atoms with Gasteiger partial charge in [-0.25, -0.2) is 8.78 Å². The lowest BCUT2D eigenvalue weighted by Crippen LogP contribution is -2.74. The van der Waals surface area contributed by atoms with Crippen LogP contribution in [0, 0.1) is 0 Å². The van der Waals surface area contributed by atoms with Crippen LogP contribution < -0.4 is 0 Å². The lowest BCUT2D eigenvalue weighted by atomic mass is 9.89. The molecule has 0 radical (unpaired) electrons. The molecule has 0 atom stereocenters. The van der Waals surface area contributed by atoms with Gasteiger partial charge in [-0.1, -0.05) is 0 Å². The van der Waals surface area contributed by atoms with E-state index in [2.05, 4.69) is 4.74 Å². The molecule has 28 heavy (non-hydrogen) atoms. The number of rotatable bonds is 10. The molecule has 0 aliphatic rings. The molecule has 0 aromatic carbocycles. The fraction of sp³-hybridized carbons (Fsp3) is 1.00. The first-order chi connectivity index (χ1) is 12.0. The number of ether oxygens (including phenoxy) is 1. The average molecular weight is 460 g/mol. The molecule has 0 saturated carbocycles. The molecule has 0 heterocycles. The molecule has 0 aliphatic heterocycles. The van der Waals surface area contributed by atoms with Crippen molar-refractivity contribution >= 4 is 0 Å². The number of hydrogen-bond acceptors (Lipinski definition) is 1. The maximum absolute atomic E-state index is 13.2. The van der Waals surface area contributed by atoms with E-state index in [1.807, 2.05) is 0 Å². The van der Waals surface area contributed by atoms with Crippen molar-refractivity contribution in [2.45, 2.75) is 54.8 Å².